The van der Waals surface area contributed by atoms with Crippen LogP contribution in [0, 0.1) is 0 Å². The van der Waals surface area contributed by atoms with Crippen LogP contribution in [0.3, 0.4) is 0 Å². The second kappa shape index (κ2) is 10.1. The fourth-order valence-corrected chi connectivity index (χ4v) is 1.43. The molecule has 3 N–H and O–H groups in total. The van der Waals surface area contributed by atoms with E-state index >= 15 is 0 Å². The van der Waals surface area contributed by atoms with Gasteiger partial charge < -0.3 is 0 Å². The molecule has 1 rings (SSSR count). The van der Waals surface area contributed by atoms with E-state index in [2.05, 4.69) is 19.3 Å². The van der Waals surface area contributed by atoms with Crippen molar-refractivity contribution in [3.8, 4) is 0 Å². The first-order valence-corrected chi connectivity index (χ1v) is 6.63. The summed E-state index contributed by atoms with van der Waals surface area (Å²) in [6.07, 6.45) is 3.20. The summed E-state index contributed by atoms with van der Waals surface area (Å²) in [4.78, 5) is 11.1. The molecule has 0 aliphatic heterocycles. The first-order valence-electron chi connectivity index (χ1n) is 6.26. The summed E-state index contributed by atoms with van der Waals surface area (Å²) < 4.78 is 0. The number of hydrazine groups is 1. The van der Waals surface area contributed by atoms with Gasteiger partial charge in [-0.1, -0.05) is 50.4 Å². The smallest absolute Gasteiger partial charge is 0.148 e. The number of nitrogens with one attached hydrogen (secondary N) is 1. The summed E-state index contributed by atoms with van der Waals surface area (Å²) in [5, 5.41) is 0.668. The lowest BCUT2D eigenvalue weighted by Crippen LogP contribution is -2.41. The number of nitrogens with two attached hydrogens (primary N) is 1. The van der Waals surface area contributed by atoms with Gasteiger partial charge in [0.2, 0.25) is 0 Å². The predicted octanol–water partition coefficient (Wildman–Crippen LogP) is 3.11. The van der Waals surface area contributed by atoms with Crippen molar-refractivity contribution in [3.05, 3.63) is 34.9 Å². The molecule has 0 bridgehead atoms. The largest absolute Gasteiger partial charge is 0.298 e. The Morgan fingerprint density at radius 1 is 1.39 bits per heavy atom. The van der Waals surface area contributed by atoms with Gasteiger partial charge in [0.05, 0.1) is 6.04 Å². The highest BCUT2D eigenvalue weighted by molar-refractivity contribution is 6.30. The Hall–Kier alpha value is -0.900. The molecule has 0 spiro atoms. The zero-order valence-electron chi connectivity index (χ0n) is 11.4. The maximum absolute atomic E-state index is 11.1. The third-order valence-corrected chi connectivity index (χ3v) is 2.76. The Balaban J connectivity index is 0.000000631. The quantitative estimate of drug-likeness (QED) is 0.639. The standard InChI is InChI=1S/C10H13ClN2O.C4H10/c1-7(14)10(13-12)6-8-3-2-4-9(11)5-8;1-3-4-2/h2-5,10,13H,6,12H2,1H3;3-4H2,1-2H3/t10-;/m1./s1. The summed E-state index contributed by atoms with van der Waals surface area (Å²) in [6.45, 7) is 5.87. The molecule has 18 heavy (non-hydrogen) atoms. The Morgan fingerprint density at radius 2 is 2.00 bits per heavy atom. The Labute approximate surface area is 115 Å². The minimum Gasteiger partial charge on any atom is -0.298 e. The van der Waals surface area contributed by atoms with Crippen LogP contribution in [0.5, 0.6) is 0 Å². The molecule has 0 unspecified atom stereocenters. The second-order valence-corrected chi connectivity index (χ2v) is 4.60. The van der Waals surface area contributed by atoms with E-state index in [0.717, 1.165) is 5.56 Å². The second-order valence-electron chi connectivity index (χ2n) is 4.16. The van der Waals surface area contributed by atoms with Gasteiger partial charge in [0, 0.05) is 5.02 Å². The summed E-state index contributed by atoms with van der Waals surface area (Å²) >= 11 is 5.81. The summed E-state index contributed by atoms with van der Waals surface area (Å²) in [5.41, 5.74) is 3.47. The zero-order valence-corrected chi connectivity index (χ0v) is 12.1. The van der Waals surface area contributed by atoms with Crippen molar-refractivity contribution in [2.45, 2.75) is 46.1 Å². The molecule has 0 amide bonds. The van der Waals surface area contributed by atoms with Gasteiger partial charge in [-0.15, -0.1) is 0 Å². The van der Waals surface area contributed by atoms with Crippen molar-refractivity contribution in [1.29, 1.82) is 0 Å². The third-order valence-electron chi connectivity index (χ3n) is 2.52. The molecule has 102 valence electrons. The lowest BCUT2D eigenvalue weighted by atomic mass is 10.0. The van der Waals surface area contributed by atoms with Crippen molar-refractivity contribution in [1.82, 2.24) is 5.43 Å². The Kier molecular flexibility index (Phi) is 9.56. The molecule has 3 nitrogen and oxygen atoms in total. The van der Waals surface area contributed by atoms with Crippen LogP contribution in [0.15, 0.2) is 24.3 Å². The molecule has 0 heterocycles. The maximum Gasteiger partial charge on any atom is 0.148 e. The van der Waals surface area contributed by atoms with Crippen LogP contribution in [-0.2, 0) is 11.2 Å². The lowest BCUT2D eigenvalue weighted by molar-refractivity contribution is -0.118. The van der Waals surface area contributed by atoms with Crippen molar-refractivity contribution in [2.24, 2.45) is 5.84 Å². The summed E-state index contributed by atoms with van der Waals surface area (Å²) in [7, 11) is 0. The number of hydrogen-bond acceptors (Lipinski definition) is 3. The highest BCUT2D eigenvalue weighted by Gasteiger charge is 2.12. The van der Waals surface area contributed by atoms with E-state index < -0.39 is 0 Å². The van der Waals surface area contributed by atoms with Crippen LogP contribution in [0.25, 0.3) is 0 Å². The maximum atomic E-state index is 11.1. The fourth-order valence-electron chi connectivity index (χ4n) is 1.22. The van der Waals surface area contributed by atoms with Gasteiger partial charge in [0.1, 0.15) is 5.78 Å². The zero-order chi connectivity index (χ0) is 14.0. The average Bonchev–Trinajstić information content (AvgIpc) is 2.36. The van der Waals surface area contributed by atoms with Gasteiger partial charge in [-0.05, 0) is 31.0 Å². The molecule has 0 aliphatic carbocycles. The molecular formula is C14H23ClN2O. The normalized spacial score (nSPS) is 11.4. The van der Waals surface area contributed by atoms with Gasteiger partial charge in [-0.25, -0.2) is 5.43 Å². The molecule has 0 radical (unpaired) electrons. The lowest BCUT2D eigenvalue weighted by Gasteiger charge is -2.12. The van der Waals surface area contributed by atoms with Crippen molar-refractivity contribution in [2.75, 3.05) is 0 Å². The first-order chi connectivity index (χ1) is 8.54. The summed E-state index contributed by atoms with van der Waals surface area (Å²) in [5.74, 6) is 5.28. The van der Waals surface area contributed by atoms with Crippen LogP contribution in [-0.4, -0.2) is 11.8 Å². The topological polar surface area (TPSA) is 55.1 Å². The highest BCUT2D eigenvalue weighted by Crippen LogP contribution is 2.12. The first kappa shape index (κ1) is 17.1. The fraction of sp³-hybridized carbons (Fsp3) is 0.500. The van der Waals surface area contributed by atoms with E-state index in [1.54, 1.807) is 6.07 Å². The number of unbranched alkanes of at least 4 members (excludes halogenated alkanes) is 1. The molecule has 0 aromatic heterocycles. The van der Waals surface area contributed by atoms with Crippen LogP contribution in [0.2, 0.25) is 5.02 Å². The molecule has 1 aromatic rings. The molecule has 0 saturated heterocycles. The van der Waals surface area contributed by atoms with Crippen molar-refractivity contribution < 1.29 is 4.79 Å². The number of carbonyl (C=O) groups excluding carboxylic acids is 1. The van der Waals surface area contributed by atoms with Crippen molar-refractivity contribution in [3.63, 3.8) is 0 Å². The number of hydrogen-bond donors (Lipinski definition) is 2. The third kappa shape index (κ3) is 7.43. The molecule has 4 heteroatoms. The van der Waals surface area contributed by atoms with Crippen LogP contribution in [0.4, 0.5) is 0 Å². The molecule has 1 atom stereocenters. The Bertz CT molecular complexity index is 353. The number of Topliss-reactive ketones (excluding diaryl/α,β-unsaturated/α-hetero) is 1. The molecular weight excluding hydrogens is 248 g/mol. The number of benzene rings is 1. The van der Waals surface area contributed by atoms with Gasteiger partial charge in [0.25, 0.3) is 0 Å². The number of halogens is 1. The van der Waals surface area contributed by atoms with Crippen LogP contribution >= 0.6 is 11.6 Å². The van der Waals surface area contributed by atoms with Gasteiger partial charge in [0.15, 0.2) is 0 Å². The van der Waals surface area contributed by atoms with E-state index in [9.17, 15) is 4.79 Å². The highest BCUT2D eigenvalue weighted by atomic mass is 35.5. The number of rotatable bonds is 5. The van der Waals surface area contributed by atoms with Gasteiger partial charge >= 0.3 is 0 Å². The SMILES string of the molecule is CC(=O)[C@@H](Cc1cccc(Cl)c1)NN.CCCC. The molecule has 0 aliphatic rings. The average molecular weight is 271 g/mol. The Morgan fingerprint density at radius 3 is 2.39 bits per heavy atom. The van der Waals surface area contributed by atoms with Crippen LogP contribution < -0.4 is 11.3 Å². The van der Waals surface area contributed by atoms with Gasteiger partial charge in [-0.2, -0.15) is 0 Å². The van der Waals surface area contributed by atoms with E-state index in [-0.39, 0.29) is 11.8 Å². The van der Waals surface area contributed by atoms with Crippen molar-refractivity contribution >= 4 is 17.4 Å². The number of carbonyl (C=O) groups is 1. The monoisotopic (exact) mass is 270 g/mol. The van der Waals surface area contributed by atoms with E-state index in [1.807, 2.05) is 18.2 Å². The van der Waals surface area contributed by atoms with E-state index in [0.29, 0.717) is 11.4 Å². The number of ketones is 1. The van der Waals surface area contributed by atoms with Crippen LogP contribution in [0.1, 0.15) is 39.2 Å². The predicted molar refractivity (Wildman–Crippen MR) is 77.5 cm³/mol. The molecule has 0 fully saturated rings. The molecule has 1 aromatic carbocycles. The summed E-state index contributed by atoms with van der Waals surface area (Å²) in [6, 6.07) is 7.05. The van der Waals surface area contributed by atoms with E-state index in [1.165, 1.54) is 19.8 Å². The minimum absolute atomic E-state index is 0.0208. The molecule has 0 saturated carbocycles. The minimum atomic E-state index is -0.339. The van der Waals surface area contributed by atoms with Gasteiger partial charge in [-0.3, -0.25) is 10.6 Å². The van der Waals surface area contributed by atoms with E-state index in [4.69, 9.17) is 17.4 Å².